The molecule has 0 saturated heterocycles. The van der Waals surface area contributed by atoms with Gasteiger partial charge in [-0.05, 0) is 71.8 Å². The summed E-state index contributed by atoms with van der Waals surface area (Å²) in [6.07, 6.45) is 0. The predicted octanol–water partition coefficient (Wildman–Crippen LogP) is 15.5. The molecular formula is C57H33N5OS. The van der Waals surface area contributed by atoms with Gasteiger partial charge in [-0.3, -0.25) is 0 Å². The molecule has 298 valence electrons. The van der Waals surface area contributed by atoms with Crippen LogP contribution in [-0.4, -0.2) is 24.5 Å². The number of nitrogens with one attached hydrogen (secondary N) is 1. The summed E-state index contributed by atoms with van der Waals surface area (Å²) in [4.78, 5) is 18.7. The van der Waals surface area contributed by atoms with Gasteiger partial charge in [0.25, 0.3) is 0 Å². The van der Waals surface area contributed by atoms with Gasteiger partial charge in [-0.2, -0.15) is 0 Å². The highest BCUT2D eigenvalue weighted by molar-refractivity contribution is 7.27. The lowest BCUT2D eigenvalue weighted by atomic mass is 10.0. The zero-order valence-corrected chi connectivity index (χ0v) is 34.9. The number of nitrogens with zero attached hydrogens (tertiary/aromatic N) is 4. The average molecular weight is 836 g/mol. The number of hydrogen-bond acceptors (Lipinski definition) is 5. The molecule has 6 nitrogen and oxygen atoms in total. The van der Waals surface area contributed by atoms with Crippen molar-refractivity contribution in [3.8, 4) is 51.0 Å². The van der Waals surface area contributed by atoms with Crippen molar-refractivity contribution in [1.29, 1.82) is 0 Å². The highest BCUT2D eigenvalue weighted by atomic mass is 32.1. The second-order valence-corrected chi connectivity index (χ2v) is 17.5. The normalized spacial score (nSPS) is 12.1. The highest BCUT2D eigenvalue weighted by Crippen LogP contribution is 2.45. The molecule has 0 aliphatic rings. The van der Waals surface area contributed by atoms with E-state index in [-0.39, 0.29) is 0 Å². The zero-order valence-electron chi connectivity index (χ0n) is 34.1. The van der Waals surface area contributed by atoms with Gasteiger partial charge in [0, 0.05) is 75.7 Å². The van der Waals surface area contributed by atoms with E-state index < -0.39 is 0 Å². The van der Waals surface area contributed by atoms with E-state index in [1.807, 2.05) is 84.1 Å². The Balaban J connectivity index is 0.911. The van der Waals surface area contributed by atoms with Gasteiger partial charge >= 0.3 is 0 Å². The standard InChI is InChI=1S/C57H33N5OS/c1-3-12-33(13-4-1)55-59-56(34-14-5-2-6-15-34)61-57(60-55)36-23-28-50-45(31-36)46-32-37(24-29-51(46)63-50)62-48-21-10-8-17-40(48)44-30-35(22-27-49(44)62)38-18-11-19-42-43-26-25-41-39-16-7-9-20-47(39)58-52(41)54(43)64-53(38)42/h1-32,58H. The van der Waals surface area contributed by atoms with E-state index in [4.69, 9.17) is 19.4 Å². The maximum atomic E-state index is 6.47. The Morgan fingerprint density at radius 2 is 0.984 bits per heavy atom. The quantitative estimate of drug-likeness (QED) is 0.187. The Hall–Kier alpha value is -8.39. The van der Waals surface area contributed by atoms with Gasteiger partial charge in [0.2, 0.25) is 0 Å². The Morgan fingerprint density at radius 1 is 0.391 bits per heavy atom. The molecule has 0 fully saturated rings. The van der Waals surface area contributed by atoms with E-state index in [0.29, 0.717) is 17.5 Å². The number of furan rings is 1. The second-order valence-electron chi connectivity index (χ2n) is 16.4. The molecule has 5 aromatic heterocycles. The van der Waals surface area contributed by atoms with Crippen LogP contribution in [0.3, 0.4) is 0 Å². The topological polar surface area (TPSA) is 72.5 Å². The van der Waals surface area contributed by atoms with Crippen molar-refractivity contribution < 1.29 is 4.42 Å². The molecule has 0 radical (unpaired) electrons. The first-order valence-electron chi connectivity index (χ1n) is 21.4. The van der Waals surface area contributed by atoms with Gasteiger partial charge in [-0.1, -0.05) is 133 Å². The first-order chi connectivity index (χ1) is 31.7. The van der Waals surface area contributed by atoms with Crippen LogP contribution in [0.15, 0.2) is 199 Å². The number of thiophene rings is 1. The van der Waals surface area contributed by atoms with E-state index in [9.17, 15) is 0 Å². The summed E-state index contributed by atoms with van der Waals surface area (Å²) in [5, 5.41) is 9.55. The lowest BCUT2D eigenvalue weighted by Gasteiger charge is -2.09. The number of aromatic amines is 1. The highest BCUT2D eigenvalue weighted by Gasteiger charge is 2.20. The summed E-state index contributed by atoms with van der Waals surface area (Å²) in [5.41, 5.74) is 12.6. The molecule has 14 rings (SSSR count). The fraction of sp³-hybridized carbons (Fsp3) is 0. The number of benzene rings is 9. The fourth-order valence-corrected chi connectivity index (χ4v) is 11.1. The third-order valence-electron chi connectivity index (χ3n) is 12.8. The van der Waals surface area contributed by atoms with Gasteiger partial charge in [-0.25, -0.2) is 15.0 Å². The summed E-state index contributed by atoms with van der Waals surface area (Å²) in [7, 11) is 0. The summed E-state index contributed by atoms with van der Waals surface area (Å²) in [6, 6.07) is 68.5. The lowest BCUT2D eigenvalue weighted by molar-refractivity contribution is 0.669. The molecule has 9 aromatic carbocycles. The Morgan fingerprint density at radius 3 is 1.78 bits per heavy atom. The van der Waals surface area contributed by atoms with E-state index in [1.54, 1.807) is 0 Å². The Kier molecular flexibility index (Phi) is 7.46. The maximum absolute atomic E-state index is 6.47. The van der Waals surface area contributed by atoms with Crippen LogP contribution >= 0.6 is 11.3 Å². The van der Waals surface area contributed by atoms with Crippen molar-refractivity contribution in [2.24, 2.45) is 0 Å². The minimum absolute atomic E-state index is 0.607. The molecule has 0 unspecified atom stereocenters. The van der Waals surface area contributed by atoms with Crippen LogP contribution in [0.4, 0.5) is 0 Å². The van der Waals surface area contributed by atoms with Crippen molar-refractivity contribution in [1.82, 2.24) is 24.5 Å². The van der Waals surface area contributed by atoms with Crippen LogP contribution in [-0.2, 0) is 0 Å². The third kappa shape index (κ3) is 5.28. The van der Waals surface area contributed by atoms with Gasteiger partial charge in [0.15, 0.2) is 17.5 Å². The van der Waals surface area contributed by atoms with Gasteiger partial charge < -0.3 is 14.0 Å². The number of rotatable bonds is 5. The largest absolute Gasteiger partial charge is 0.456 e. The monoisotopic (exact) mass is 835 g/mol. The van der Waals surface area contributed by atoms with Crippen LogP contribution in [0.25, 0.3) is 137 Å². The first-order valence-corrected chi connectivity index (χ1v) is 22.2. The third-order valence-corrected chi connectivity index (χ3v) is 14.1. The van der Waals surface area contributed by atoms with E-state index in [0.717, 1.165) is 55.3 Å². The molecule has 0 amide bonds. The second kappa shape index (κ2) is 13.6. The number of aromatic nitrogens is 5. The zero-order chi connectivity index (χ0) is 41.9. The number of hydrogen-bond donors (Lipinski definition) is 1. The smallest absolute Gasteiger partial charge is 0.164 e. The van der Waals surface area contributed by atoms with Crippen LogP contribution in [0.1, 0.15) is 0 Å². The molecule has 0 aliphatic heterocycles. The van der Waals surface area contributed by atoms with Crippen LogP contribution in [0.5, 0.6) is 0 Å². The maximum Gasteiger partial charge on any atom is 0.164 e. The SMILES string of the molecule is c1ccc(-c2nc(-c3ccccc3)nc(-c3ccc4oc5ccc(-n6c7ccccc7c7cc(-c8cccc9c8sc8c9ccc9c%10ccccc%10[nH]c98)ccc76)cc5c4c3)n2)cc1. The van der Waals surface area contributed by atoms with Crippen LogP contribution < -0.4 is 0 Å². The van der Waals surface area contributed by atoms with Gasteiger partial charge in [0.05, 0.1) is 21.3 Å². The molecule has 0 saturated carbocycles. The minimum Gasteiger partial charge on any atom is -0.456 e. The van der Waals surface area contributed by atoms with Crippen molar-refractivity contribution in [3.63, 3.8) is 0 Å². The van der Waals surface area contributed by atoms with Gasteiger partial charge in [-0.15, -0.1) is 11.3 Å². The molecule has 0 aliphatic carbocycles. The molecule has 7 heteroatoms. The molecule has 0 atom stereocenters. The minimum atomic E-state index is 0.607. The molecule has 5 heterocycles. The molecule has 14 aromatic rings. The molecule has 0 bridgehead atoms. The molecular weight excluding hydrogens is 803 g/mol. The number of para-hydroxylation sites is 2. The Labute approximate surface area is 369 Å². The van der Waals surface area contributed by atoms with Crippen molar-refractivity contribution in [2.75, 3.05) is 0 Å². The van der Waals surface area contributed by atoms with Crippen LogP contribution in [0.2, 0.25) is 0 Å². The van der Waals surface area contributed by atoms with E-state index in [1.165, 1.54) is 63.9 Å². The summed E-state index contributed by atoms with van der Waals surface area (Å²) in [5.74, 6) is 1.87. The van der Waals surface area contributed by atoms with E-state index in [2.05, 4.69) is 131 Å². The predicted molar refractivity (Wildman–Crippen MR) is 265 cm³/mol. The number of fused-ring (bicyclic) bond motifs is 13. The average Bonchev–Trinajstić information content (AvgIpc) is 4.13. The number of H-pyrrole nitrogens is 1. The first kappa shape index (κ1) is 35.2. The lowest BCUT2D eigenvalue weighted by Crippen LogP contribution is -2.00. The fourth-order valence-electron chi connectivity index (χ4n) is 9.80. The van der Waals surface area contributed by atoms with Crippen molar-refractivity contribution in [2.45, 2.75) is 0 Å². The van der Waals surface area contributed by atoms with E-state index >= 15 is 0 Å². The van der Waals surface area contributed by atoms with Crippen molar-refractivity contribution in [3.05, 3.63) is 194 Å². The van der Waals surface area contributed by atoms with Crippen molar-refractivity contribution >= 4 is 97.1 Å². The Bertz CT molecular complexity index is 4140. The van der Waals surface area contributed by atoms with Gasteiger partial charge in [0.1, 0.15) is 11.2 Å². The summed E-state index contributed by atoms with van der Waals surface area (Å²) in [6.45, 7) is 0. The molecule has 0 spiro atoms. The summed E-state index contributed by atoms with van der Waals surface area (Å²) >= 11 is 1.88. The molecule has 64 heavy (non-hydrogen) atoms. The summed E-state index contributed by atoms with van der Waals surface area (Å²) < 4.78 is 11.5. The molecule has 1 N–H and O–H groups in total. The van der Waals surface area contributed by atoms with Crippen LogP contribution in [0, 0.1) is 0 Å².